The Bertz CT molecular complexity index is 1210. The predicted octanol–water partition coefficient (Wildman–Crippen LogP) is 3.91. The van der Waals surface area contributed by atoms with Crippen molar-refractivity contribution < 1.29 is 9.21 Å². The van der Waals surface area contributed by atoms with Gasteiger partial charge in [-0.15, -0.1) is 0 Å². The number of carbonyl (C=O) groups is 1. The van der Waals surface area contributed by atoms with Crippen LogP contribution in [-0.4, -0.2) is 51.0 Å². The Kier molecular flexibility index (Phi) is 5.26. The lowest BCUT2D eigenvalue weighted by atomic mass is 9.97. The summed E-state index contributed by atoms with van der Waals surface area (Å²) < 4.78 is 5.64. The van der Waals surface area contributed by atoms with Gasteiger partial charge in [0.1, 0.15) is 12.0 Å². The van der Waals surface area contributed by atoms with Crippen molar-refractivity contribution in [3.05, 3.63) is 72.3 Å². The summed E-state index contributed by atoms with van der Waals surface area (Å²) in [6.45, 7) is 2.04. The monoisotopic (exact) mass is 413 g/mol. The molecule has 7 nitrogen and oxygen atoms in total. The maximum Gasteiger partial charge on any atom is 0.197 e. The molecular formula is C24H23N5O2. The highest BCUT2D eigenvalue weighted by Gasteiger charge is 2.24. The molecule has 156 valence electrons. The van der Waals surface area contributed by atoms with E-state index in [0.29, 0.717) is 17.3 Å². The van der Waals surface area contributed by atoms with Crippen LogP contribution in [0, 0.1) is 0 Å². The number of piperidine rings is 1. The van der Waals surface area contributed by atoms with Crippen molar-refractivity contribution in [2.75, 3.05) is 20.1 Å². The molecule has 0 bridgehead atoms. The van der Waals surface area contributed by atoms with E-state index in [9.17, 15) is 4.79 Å². The highest BCUT2D eigenvalue weighted by molar-refractivity contribution is 5.95. The van der Waals surface area contributed by atoms with Gasteiger partial charge in [0.2, 0.25) is 0 Å². The third-order valence-electron chi connectivity index (χ3n) is 5.85. The fraction of sp³-hybridized carbons (Fsp3) is 0.292. The highest BCUT2D eigenvalue weighted by Crippen LogP contribution is 2.27. The SMILES string of the molecule is CN1CCC(c2nc(C(=O)Cc3cc4cc(-c5cccnc5)ccc4nn3)co2)CC1. The van der Waals surface area contributed by atoms with Gasteiger partial charge in [0, 0.05) is 29.3 Å². The number of aromatic nitrogens is 4. The molecule has 1 aromatic carbocycles. The number of nitrogens with zero attached hydrogens (tertiary/aromatic N) is 5. The van der Waals surface area contributed by atoms with Gasteiger partial charge in [-0.05, 0) is 62.8 Å². The van der Waals surface area contributed by atoms with Gasteiger partial charge in [0.15, 0.2) is 11.7 Å². The summed E-state index contributed by atoms with van der Waals surface area (Å²) in [7, 11) is 2.12. The molecular weight excluding hydrogens is 390 g/mol. The molecule has 4 heterocycles. The molecule has 0 aliphatic carbocycles. The van der Waals surface area contributed by atoms with Gasteiger partial charge < -0.3 is 9.32 Å². The van der Waals surface area contributed by atoms with Gasteiger partial charge >= 0.3 is 0 Å². The van der Waals surface area contributed by atoms with Gasteiger partial charge in [0.05, 0.1) is 17.6 Å². The largest absolute Gasteiger partial charge is 0.448 e. The molecule has 1 saturated heterocycles. The minimum absolute atomic E-state index is 0.111. The topological polar surface area (TPSA) is 85.0 Å². The van der Waals surface area contributed by atoms with E-state index in [2.05, 4.69) is 32.1 Å². The Hall–Kier alpha value is -3.45. The number of carbonyl (C=O) groups excluding carboxylic acids is 1. The number of hydrogen-bond acceptors (Lipinski definition) is 7. The van der Waals surface area contributed by atoms with Crippen molar-refractivity contribution in [3.63, 3.8) is 0 Å². The number of benzene rings is 1. The molecule has 1 fully saturated rings. The lowest BCUT2D eigenvalue weighted by Gasteiger charge is -2.26. The Balaban J connectivity index is 1.33. The van der Waals surface area contributed by atoms with Crippen molar-refractivity contribution in [2.45, 2.75) is 25.2 Å². The van der Waals surface area contributed by atoms with Crippen molar-refractivity contribution in [1.29, 1.82) is 0 Å². The third-order valence-corrected chi connectivity index (χ3v) is 5.85. The van der Waals surface area contributed by atoms with Crippen LogP contribution >= 0.6 is 0 Å². The van der Waals surface area contributed by atoms with Gasteiger partial charge in [-0.1, -0.05) is 12.1 Å². The standard InChI is InChI=1S/C24H23N5O2/c1-29-9-6-16(7-10-29)24-26-22(15-31-24)23(30)13-20-12-19-11-17(4-5-21(19)28-27-20)18-3-2-8-25-14-18/h2-5,8,11-12,14-16H,6-7,9-10,13H2,1H3. The van der Waals surface area contributed by atoms with Crippen LogP contribution in [0.3, 0.4) is 0 Å². The van der Waals surface area contributed by atoms with Gasteiger partial charge in [0.25, 0.3) is 0 Å². The second kappa shape index (κ2) is 8.35. The average molecular weight is 413 g/mol. The second-order valence-electron chi connectivity index (χ2n) is 8.10. The minimum Gasteiger partial charge on any atom is -0.448 e. The zero-order chi connectivity index (χ0) is 21.2. The van der Waals surface area contributed by atoms with Crippen LogP contribution in [0.2, 0.25) is 0 Å². The summed E-state index contributed by atoms with van der Waals surface area (Å²) in [6.07, 6.45) is 7.19. The summed E-state index contributed by atoms with van der Waals surface area (Å²) in [5.74, 6) is 0.839. The van der Waals surface area contributed by atoms with E-state index in [4.69, 9.17) is 4.42 Å². The number of oxazole rings is 1. The van der Waals surface area contributed by atoms with Crippen molar-refractivity contribution in [2.24, 2.45) is 0 Å². The quantitative estimate of drug-likeness (QED) is 0.459. The Morgan fingerprint density at radius 2 is 2.00 bits per heavy atom. The molecule has 0 N–H and O–H groups in total. The summed E-state index contributed by atoms with van der Waals surface area (Å²) in [4.78, 5) is 23.7. The van der Waals surface area contributed by atoms with Crippen LogP contribution < -0.4 is 0 Å². The van der Waals surface area contributed by atoms with Crippen molar-refractivity contribution in [3.8, 4) is 11.1 Å². The Morgan fingerprint density at radius 3 is 2.81 bits per heavy atom. The van der Waals surface area contributed by atoms with E-state index >= 15 is 0 Å². The maximum absolute atomic E-state index is 12.8. The molecule has 4 aromatic rings. The fourth-order valence-electron chi connectivity index (χ4n) is 4.00. The fourth-order valence-corrected chi connectivity index (χ4v) is 4.00. The molecule has 31 heavy (non-hydrogen) atoms. The second-order valence-corrected chi connectivity index (χ2v) is 8.10. The molecule has 1 aliphatic heterocycles. The zero-order valence-corrected chi connectivity index (χ0v) is 17.4. The van der Waals surface area contributed by atoms with E-state index in [-0.39, 0.29) is 18.1 Å². The first-order valence-electron chi connectivity index (χ1n) is 10.5. The van der Waals surface area contributed by atoms with Crippen LogP contribution in [0.1, 0.15) is 40.8 Å². The first kappa shape index (κ1) is 19.5. The molecule has 7 heteroatoms. The minimum atomic E-state index is -0.111. The molecule has 0 spiro atoms. The normalized spacial score (nSPS) is 15.4. The molecule has 5 rings (SSSR count). The molecule has 1 aliphatic rings. The zero-order valence-electron chi connectivity index (χ0n) is 17.4. The predicted molar refractivity (Wildman–Crippen MR) is 117 cm³/mol. The Labute approximate surface area is 180 Å². The first-order valence-corrected chi connectivity index (χ1v) is 10.5. The van der Waals surface area contributed by atoms with Crippen LogP contribution in [-0.2, 0) is 6.42 Å². The molecule has 0 radical (unpaired) electrons. The van der Waals surface area contributed by atoms with Gasteiger partial charge in [-0.3, -0.25) is 9.78 Å². The number of ketones is 1. The molecule has 0 unspecified atom stereocenters. The third kappa shape index (κ3) is 4.22. The number of Topliss-reactive ketones (excluding diaryl/α,β-unsaturated/α-hetero) is 1. The number of pyridine rings is 1. The first-order chi connectivity index (χ1) is 15.2. The number of rotatable bonds is 5. The van der Waals surface area contributed by atoms with E-state index < -0.39 is 0 Å². The van der Waals surface area contributed by atoms with Gasteiger partial charge in [-0.25, -0.2) is 4.98 Å². The molecule has 0 saturated carbocycles. The van der Waals surface area contributed by atoms with Crippen LogP contribution in [0.5, 0.6) is 0 Å². The number of likely N-dealkylation sites (tertiary alicyclic amines) is 1. The van der Waals surface area contributed by atoms with E-state index in [1.165, 1.54) is 6.26 Å². The average Bonchev–Trinajstić information content (AvgIpc) is 3.30. The smallest absolute Gasteiger partial charge is 0.197 e. The summed E-state index contributed by atoms with van der Waals surface area (Å²) in [6, 6.07) is 11.8. The molecule has 0 atom stereocenters. The Morgan fingerprint density at radius 1 is 1.13 bits per heavy atom. The molecule has 0 amide bonds. The summed E-state index contributed by atoms with van der Waals surface area (Å²) in [5, 5.41) is 9.45. The summed E-state index contributed by atoms with van der Waals surface area (Å²) >= 11 is 0. The van der Waals surface area contributed by atoms with Crippen LogP contribution in [0.4, 0.5) is 0 Å². The van der Waals surface area contributed by atoms with E-state index in [0.717, 1.165) is 48.0 Å². The van der Waals surface area contributed by atoms with Gasteiger partial charge in [-0.2, -0.15) is 10.2 Å². The van der Waals surface area contributed by atoms with E-state index in [1.807, 2.05) is 42.6 Å². The number of fused-ring (bicyclic) bond motifs is 1. The molecule has 3 aromatic heterocycles. The van der Waals surface area contributed by atoms with Crippen molar-refractivity contribution >= 4 is 16.7 Å². The van der Waals surface area contributed by atoms with Crippen molar-refractivity contribution in [1.82, 2.24) is 25.1 Å². The van der Waals surface area contributed by atoms with Crippen LogP contribution in [0.25, 0.3) is 22.0 Å². The summed E-state index contributed by atoms with van der Waals surface area (Å²) in [5.41, 5.74) is 3.84. The lowest BCUT2D eigenvalue weighted by Crippen LogP contribution is -2.29. The lowest BCUT2D eigenvalue weighted by molar-refractivity contribution is 0.0987. The van der Waals surface area contributed by atoms with E-state index in [1.54, 1.807) is 6.20 Å². The number of hydrogen-bond donors (Lipinski definition) is 0. The highest BCUT2D eigenvalue weighted by atomic mass is 16.3. The van der Waals surface area contributed by atoms with Crippen LogP contribution in [0.15, 0.2) is 59.5 Å². The maximum atomic E-state index is 12.8.